The van der Waals surface area contributed by atoms with E-state index in [1.54, 1.807) is 17.8 Å². The van der Waals surface area contributed by atoms with Crippen LogP contribution in [0.5, 0.6) is 0 Å². The Bertz CT molecular complexity index is 801. The fourth-order valence-corrected chi connectivity index (χ4v) is 3.95. The van der Waals surface area contributed by atoms with E-state index in [9.17, 15) is 0 Å². The summed E-state index contributed by atoms with van der Waals surface area (Å²) >= 11 is 12.6. The molecule has 0 atom stereocenters. The molecule has 0 radical (unpaired) electrons. The Labute approximate surface area is 169 Å². The van der Waals surface area contributed by atoms with Gasteiger partial charge in [-0.3, -0.25) is 9.67 Å². The number of guanidine groups is 1. The van der Waals surface area contributed by atoms with Crippen molar-refractivity contribution >= 4 is 29.2 Å². The van der Waals surface area contributed by atoms with E-state index >= 15 is 0 Å². The summed E-state index contributed by atoms with van der Waals surface area (Å²) in [6.07, 6.45) is 3.29. The van der Waals surface area contributed by atoms with Gasteiger partial charge in [0.15, 0.2) is 5.96 Å². The van der Waals surface area contributed by atoms with Crippen molar-refractivity contribution in [1.29, 1.82) is 0 Å². The van der Waals surface area contributed by atoms with Gasteiger partial charge in [0.2, 0.25) is 0 Å². The maximum atomic E-state index is 6.53. The summed E-state index contributed by atoms with van der Waals surface area (Å²) in [5, 5.41) is 12.1. The second-order valence-corrected chi connectivity index (χ2v) is 7.44. The number of nitrogens with zero attached hydrogens (tertiary/aromatic N) is 4. The second-order valence-electron chi connectivity index (χ2n) is 6.60. The third-order valence-electron chi connectivity index (χ3n) is 4.99. The van der Waals surface area contributed by atoms with Crippen LogP contribution in [0.25, 0.3) is 0 Å². The molecule has 0 saturated carbocycles. The first kappa shape index (κ1) is 19.9. The minimum atomic E-state index is -0.137. The summed E-state index contributed by atoms with van der Waals surface area (Å²) < 4.78 is 7.32. The molecule has 146 valence electrons. The van der Waals surface area contributed by atoms with E-state index in [4.69, 9.17) is 27.9 Å². The van der Waals surface area contributed by atoms with Gasteiger partial charge in [-0.25, -0.2) is 4.98 Å². The molecule has 3 rings (SSSR count). The standard InChI is InChI=1S/C18H24Cl2N6O/c1-21-17(22-10-16-24-12-25-26(16)2)23-11-18(5-7-27-8-6-18)14-4-3-13(19)9-15(14)20/h3-4,9,12H,5-8,10-11H2,1-2H3,(H2,21,22,23). The predicted molar refractivity (Wildman–Crippen MR) is 107 cm³/mol. The van der Waals surface area contributed by atoms with E-state index in [1.165, 1.54) is 6.33 Å². The van der Waals surface area contributed by atoms with Gasteiger partial charge in [-0.15, -0.1) is 0 Å². The molecule has 27 heavy (non-hydrogen) atoms. The molecular formula is C18H24Cl2N6O. The minimum Gasteiger partial charge on any atom is -0.381 e. The quantitative estimate of drug-likeness (QED) is 0.584. The molecule has 2 N–H and O–H groups in total. The van der Waals surface area contributed by atoms with E-state index in [0.717, 1.165) is 24.2 Å². The number of rotatable bonds is 5. The van der Waals surface area contributed by atoms with Crippen molar-refractivity contribution in [2.75, 3.05) is 26.8 Å². The van der Waals surface area contributed by atoms with Gasteiger partial charge in [0, 0.05) is 49.3 Å². The van der Waals surface area contributed by atoms with Gasteiger partial charge < -0.3 is 15.4 Å². The Morgan fingerprint density at radius 3 is 2.70 bits per heavy atom. The maximum absolute atomic E-state index is 6.53. The van der Waals surface area contributed by atoms with E-state index < -0.39 is 0 Å². The van der Waals surface area contributed by atoms with Crippen LogP contribution in [-0.2, 0) is 23.7 Å². The average Bonchev–Trinajstić information content (AvgIpc) is 3.07. The zero-order valence-electron chi connectivity index (χ0n) is 15.5. The number of nitrogens with one attached hydrogen (secondary N) is 2. The fourth-order valence-electron chi connectivity index (χ4n) is 3.34. The van der Waals surface area contributed by atoms with E-state index in [1.807, 2.05) is 19.2 Å². The van der Waals surface area contributed by atoms with Crippen molar-refractivity contribution in [2.24, 2.45) is 12.0 Å². The van der Waals surface area contributed by atoms with Crippen molar-refractivity contribution in [1.82, 2.24) is 25.4 Å². The summed E-state index contributed by atoms with van der Waals surface area (Å²) in [7, 11) is 3.61. The van der Waals surface area contributed by atoms with Crippen LogP contribution < -0.4 is 10.6 Å². The van der Waals surface area contributed by atoms with Crippen LogP contribution in [0, 0.1) is 0 Å². The first-order chi connectivity index (χ1) is 13.0. The highest BCUT2D eigenvalue weighted by Gasteiger charge is 2.36. The third-order valence-corrected chi connectivity index (χ3v) is 5.54. The maximum Gasteiger partial charge on any atom is 0.191 e. The van der Waals surface area contributed by atoms with Crippen molar-refractivity contribution in [3.05, 3.63) is 46.0 Å². The SMILES string of the molecule is CN=C(NCc1ncnn1C)NCC1(c2ccc(Cl)cc2Cl)CCOCC1. The van der Waals surface area contributed by atoms with Gasteiger partial charge in [0.25, 0.3) is 0 Å². The zero-order chi connectivity index (χ0) is 19.3. The molecule has 0 unspecified atom stereocenters. The Kier molecular flexibility index (Phi) is 6.57. The summed E-state index contributed by atoms with van der Waals surface area (Å²) in [6, 6.07) is 5.71. The average molecular weight is 411 g/mol. The smallest absolute Gasteiger partial charge is 0.191 e. The fraction of sp³-hybridized carbons (Fsp3) is 0.500. The first-order valence-electron chi connectivity index (χ1n) is 8.85. The van der Waals surface area contributed by atoms with Crippen LogP contribution >= 0.6 is 23.2 Å². The molecule has 1 fully saturated rings. The molecule has 0 amide bonds. The molecule has 9 heteroatoms. The monoisotopic (exact) mass is 410 g/mol. The van der Waals surface area contributed by atoms with Gasteiger partial charge in [0.05, 0.1) is 6.54 Å². The normalized spacial score (nSPS) is 17.0. The van der Waals surface area contributed by atoms with Gasteiger partial charge in [-0.1, -0.05) is 29.3 Å². The largest absolute Gasteiger partial charge is 0.381 e. The molecule has 1 aromatic heterocycles. The lowest BCUT2D eigenvalue weighted by atomic mass is 9.74. The number of ether oxygens (including phenoxy) is 1. The molecule has 0 spiro atoms. The molecule has 7 nitrogen and oxygen atoms in total. The van der Waals surface area contributed by atoms with Crippen LogP contribution in [0.2, 0.25) is 10.0 Å². The number of aryl methyl sites for hydroxylation is 1. The number of hydrogen-bond donors (Lipinski definition) is 2. The Hall–Kier alpha value is -1.83. The zero-order valence-corrected chi connectivity index (χ0v) is 17.0. The van der Waals surface area contributed by atoms with Gasteiger partial charge in [-0.05, 0) is 30.5 Å². The minimum absolute atomic E-state index is 0.137. The van der Waals surface area contributed by atoms with Crippen LogP contribution in [0.15, 0.2) is 29.5 Å². The summed E-state index contributed by atoms with van der Waals surface area (Å²) in [5.74, 6) is 1.54. The Balaban J connectivity index is 1.71. The number of hydrogen-bond acceptors (Lipinski definition) is 4. The van der Waals surface area contributed by atoms with Crippen LogP contribution in [0.1, 0.15) is 24.2 Å². The second kappa shape index (κ2) is 8.91. The Morgan fingerprint density at radius 2 is 2.07 bits per heavy atom. The molecule has 0 bridgehead atoms. The molecule has 1 aromatic carbocycles. The van der Waals surface area contributed by atoms with E-state index in [0.29, 0.717) is 42.3 Å². The molecule has 1 saturated heterocycles. The lowest BCUT2D eigenvalue weighted by Crippen LogP contribution is -2.48. The van der Waals surface area contributed by atoms with Crippen molar-refractivity contribution in [2.45, 2.75) is 24.8 Å². The summed E-state index contributed by atoms with van der Waals surface area (Å²) in [5.41, 5.74) is 0.954. The van der Waals surface area contributed by atoms with Crippen LogP contribution in [-0.4, -0.2) is 47.5 Å². The van der Waals surface area contributed by atoms with Crippen molar-refractivity contribution in [3.63, 3.8) is 0 Å². The molecule has 0 aliphatic carbocycles. The number of aliphatic imine (C=N–C) groups is 1. The third kappa shape index (κ3) is 4.72. The van der Waals surface area contributed by atoms with Crippen LogP contribution in [0.3, 0.4) is 0 Å². The molecule has 1 aliphatic heterocycles. The lowest BCUT2D eigenvalue weighted by Gasteiger charge is -2.38. The highest BCUT2D eigenvalue weighted by Crippen LogP contribution is 2.39. The van der Waals surface area contributed by atoms with Gasteiger partial charge in [0.1, 0.15) is 12.2 Å². The Morgan fingerprint density at radius 1 is 1.30 bits per heavy atom. The van der Waals surface area contributed by atoms with Crippen molar-refractivity contribution in [3.8, 4) is 0 Å². The topological polar surface area (TPSA) is 76.4 Å². The molecule has 1 aliphatic rings. The first-order valence-corrected chi connectivity index (χ1v) is 9.60. The van der Waals surface area contributed by atoms with E-state index in [2.05, 4.69) is 25.7 Å². The number of halogens is 2. The van der Waals surface area contributed by atoms with Gasteiger partial charge in [-0.2, -0.15) is 5.10 Å². The summed E-state index contributed by atoms with van der Waals surface area (Å²) in [6.45, 7) is 2.63. The molecule has 2 heterocycles. The predicted octanol–water partition coefficient (Wildman–Crippen LogP) is 2.54. The van der Waals surface area contributed by atoms with Crippen LogP contribution in [0.4, 0.5) is 0 Å². The highest BCUT2D eigenvalue weighted by molar-refractivity contribution is 6.35. The van der Waals surface area contributed by atoms with E-state index in [-0.39, 0.29) is 5.41 Å². The van der Waals surface area contributed by atoms with Crippen molar-refractivity contribution < 1.29 is 4.74 Å². The lowest BCUT2D eigenvalue weighted by molar-refractivity contribution is 0.0514. The van der Waals surface area contributed by atoms with Gasteiger partial charge >= 0.3 is 0 Å². The molecule has 2 aromatic rings. The number of aromatic nitrogens is 3. The summed E-state index contributed by atoms with van der Waals surface area (Å²) in [4.78, 5) is 8.53. The highest BCUT2D eigenvalue weighted by atomic mass is 35.5. The number of benzene rings is 1. The molecular weight excluding hydrogens is 387 g/mol.